The van der Waals surface area contributed by atoms with Crippen LogP contribution in [0.25, 0.3) is 0 Å². The first-order valence-electron chi connectivity index (χ1n) is 7.34. The van der Waals surface area contributed by atoms with Crippen LogP contribution in [0.2, 0.25) is 5.02 Å². The molecule has 0 amide bonds. The van der Waals surface area contributed by atoms with E-state index in [0.29, 0.717) is 0 Å². The van der Waals surface area contributed by atoms with Gasteiger partial charge in [-0.15, -0.1) is 0 Å². The van der Waals surface area contributed by atoms with Gasteiger partial charge in [0.1, 0.15) is 11.6 Å². The monoisotopic (exact) mass is 309 g/mol. The van der Waals surface area contributed by atoms with Crippen molar-refractivity contribution in [3.63, 3.8) is 0 Å². The van der Waals surface area contributed by atoms with E-state index in [1.165, 1.54) is 6.07 Å². The Morgan fingerprint density at radius 2 is 2.19 bits per heavy atom. The molecule has 1 N–H and O–H groups in total. The standard InChI is InChI=1S/C16H21ClFN3/c1-3-7-19-15(11-16-20-8-9-21(16)4-2)12-5-6-13(17)14(18)10-12/h5-6,8-10,15,19H,3-4,7,11H2,1-2H3. The number of hydrogen-bond acceptors (Lipinski definition) is 2. The molecule has 1 heterocycles. The van der Waals surface area contributed by atoms with E-state index < -0.39 is 0 Å². The quantitative estimate of drug-likeness (QED) is 0.838. The number of hydrogen-bond donors (Lipinski definition) is 1. The Labute approximate surface area is 130 Å². The lowest BCUT2D eigenvalue weighted by molar-refractivity contribution is 0.503. The summed E-state index contributed by atoms with van der Waals surface area (Å²) in [5.74, 6) is 0.623. The molecule has 0 aliphatic carbocycles. The smallest absolute Gasteiger partial charge is 0.142 e. The van der Waals surface area contributed by atoms with E-state index in [1.807, 2.05) is 12.3 Å². The van der Waals surface area contributed by atoms with Gasteiger partial charge in [-0.05, 0) is 37.6 Å². The van der Waals surface area contributed by atoms with Crippen molar-refractivity contribution >= 4 is 11.6 Å². The first-order chi connectivity index (χ1) is 10.2. The molecule has 0 aliphatic heterocycles. The molecule has 0 spiro atoms. The third kappa shape index (κ3) is 4.05. The summed E-state index contributed by atoms with van der Waals surface area (Å²) in [6.07, 6.45) is 5.52. The Morgan fingerprint density at radius 3 is 2.86 bits per heavy atom. The molecule has 2 rings (SSSR count). The SMILES string of the molecule is CCCNC(Cc1nccn1CC)c1ccc(Cl)c(F)c1. The maximum absolute atomic E-state index is 13.7. The van der Waals surface area contributed by atoms with Crippen molar-refractivity contribution < 1.29 is 4.39 Å². The van der Waals surface area contributed by atoms with Crippen LogP contribution in [0.5, 0.6) is 0 Å². The van der Waals surface area contributed by atoms with E-state index in [-0.39, 0.29) is 16.9 Å². The first-order valence-corrected chi connectivity index (χ1v) is 7.71. The minimum absolute atomic E-state index is 0.0319. The average Bonchev–Trinajstić information content (AvgIpc) is 2.93. The van der Waals surface area contributed by atoms with Crippen molar-refractivity contribution in [2.24, 2.45) is 0 Å². The van der Waals surface area contributed by atoms with Crippen LogP contribution in [0.4, 0.5) is 4.39 Å². The molecule has 3 nitrogen and oxygen atoms in total. The molecule has 1 aromatic carbocycles. The van der Waals surface area contributed by atoms with Crippen molar-refractivity contribution in [3.05, 3.63) is 52.8 Å². The normalized spacial score (nSPS) is 12.6. The van der Waals surface area contributed by atoms with E-state index in [4.69, 9.17) is 11.6 Å². The lowest BCUT2D eigenvalue weighted by Gasteiger charge is -2.19. The van der Waals surface area contributed by atoms with Crippen molar-refractivity contribution in [1.29, 1.82) is 0 Å². The molecule has 21 heavy (non-hydrogen) atoms. The third-order valence-corrected chi connectivity index (χ3v) is 3.82. The fraction of sp³-hybridized carbons (Fsp3) is 0.438. The van der Waals surface area contributed by atoms with Gasteiger partial charge in [-0.25, -0.2) is 9.37 Å². The summed E-state index contributed by atoms with van der Waals surface area (Å²) in [6, 6.07) is 5.02. The zero-order chi connectivity index (χ0) is 15.2. The molecule has 0 aliphatic rings. The minimum atomic E-state index is -0.378. The van der Waals surface area contributed by atoms with Crippen LogP contribution in [-0.4, -0.2) is 16.1 Å². The molecule has 5 heteroatoms. The fourth-order valence-electron chi connectivity index (χ4n) is 2.36. The van der Waals surface area contributed by atoms with Crippen LogP contribution in [0.15, 0.2) is 30.6 Å². The van der Waals surface area contributed by atoms with Crippen LogP contribution in [-0.2, 0) is 13.0 Å². The average molecular weight is 310 g/mol. The summed E-state index contributed by atoms with van der Waals surface area (Å²) < 4.78 is 15.8. The van der Waals surface area contributed by atoms with E-state index in [9.17, 15) is 4.39 Å². The number of aromatic nitrogens is 2. The highest BCUT2D eigenvalue weighted by atomic mass is 35.5. The summed E-state index contributed by atoms with van der Waals surface area (Å²) in [6.45, 7) is 5.95. The minimum Gasteiger partial charge on any atom is -0.335 e. The maximum atomic E-state index is 13.7. The van der Waals surface area contributed by atoms with Crippen LogP contribution < -0.4 is 5.32 Å². The molecule has 1 atom stereocenters. The molecule has 0 bridgehead atoms. The van der Waals surface area contributed by atoms with Gasteiger partial charge in [0.05, 0.1) is 5.02 Å². The third-order valence-electron chi connectivity index (χ3n) is 3.52. The molecule has 0 saturated carbocycles. The number of aryl methyl sites for hydroxylation is 1. The maximum Gasteiger partial charge on any atom is 0.142 e. The first kappa shape index (κ1) is 16.0. The molecule has 114 valence electrons. The van der Waals surface area contributed by atoms with E-state index in [1.54, 1.807) is 12.3 Å². The molecular weight excluding hydrogens is 289 g/mol. The Kier molecular flexibility index (Phi) is 5.76. The van der Waals surface area contributed by atoms with Crippen molar-refractivity contribution in [2.75, 3.05) is 6.54 Å². The number of rotatable bonds is 7. The summed E-state index contributed by atoms with van der Waals surface area (Å²) in [5.41, 5.74) is 0.899. The summed E-state index contributed by atoms with van der Waals surface area (Å²) in [5, 5.41) is 3.61. The molecule has 1 aromatic heterocycles. The summed E-state index contributed by atoms with van der Waals surface area (Å²) >= 11 is 5.77. The van der Waals surface area contributed by atoms with Gasteiger partial charge >= 0.3 is 0 Å². The Morgan fingerprint density at radius 1 is 1.38 bits per heavy atom. The van der Waals surface area contributed by atoms with Gasteiger partial charge in [0.25, 0.3) is 0 Å². The fourth-order valence-corrected chi connectivity index (χ4v) is 2.47. The second-order valence-electron chi connectivity index (χ2n) is 5.01. The van der Waals surface area contributed by atoms with Crippen LogP contribution in [0, 0.1) is 5.82 Å². The molecule has 1 unspecified atom stereocenters. The largest absolute Gasteiger partial charge is 0.335 e. The number of benzene rings is 1. The molecule has 0 radical (unpaired) electrons. The summed E-state index contributed by atoms with van der Waals surface area (Å²) in [4.78, 5) is 4.40. The molecule has 0 fully saturated rings. The molecular formula is C16H21ClFN3. The predicted molar refractivity (Wildman–Crippen MR) is 84.0 cm³/mol. The second-order valence-corrected chi connectivity index (χ2v) is 5.42. The van der Waals surface area contributed by atoms with Crippen LogP contribution in [0.3, 0.4) is 0 Å². The van der Waals surface area contributed by atoms with Crippen molar-refractivity contribution in [3.8, 4) is 0 Å². The van der Waals surface area contributed by atoms with Gasteiger partial charge in [0.15, 0.2) is 0 Å². The van der Waals surface area contributed by atoms with E-state index in [0.717, 1.165) is 37.3 Å². The van der Waals surface area contributed by atoms with Crippen molar-refractivity contribution in [1.82, 2.24) is 14.9 Å². The second kappa shape index (κ2) is 7.57. The number of nitrogens with zero attached hydrogens (tertiary/aromatic N) is 2. The Hall–Kier alpha value is -1.39. The van der Waals surface area contributed by atoms with Gasteiger partial charge in [0, 0.05) is 31.4 Å². The van der Waals surface area contributed by atoms with Gasteiger partial charge < -0.3 is 9.88 Å². The molecule has 0 saturated heterocycles. The topological polar surface area (TPSA) is 29.9 Å². The van der Waals surface area contributed by atoms with Crippen molar-refractivity contribution in [2.45, 2.75) is 39.3 Å². The number of halogens is 2. The zero-order valence-electron chi connectivity index (χ0n) is 12.4. The predicted octanol–water partition coefficient (Wildman–Crippen LogP) is 3.98. The zero-order valence-corrected chi connectivity index (χ0v) is 13.2. The highest BCUT2D eigenvalue weighted by Gasteiger charge is 2.16. The number of nitrogens with one attached hydrogen (secondary N) is 1. The van der Waals surface area contributed by atoms with E-state index >= 15 is 0 Å². The Bertz CT molecular complexity index is 583. The lowest BCUT2D eigenvalue weighted by Crippen LogP contribution is -2.25. The van der Waals surface area contributed by atoms with Crippen LogP contribution in [0.1, 0.15) is 37.7 Å². The highest BCUT2D eigenvalue weighted by molar-refractivity contribution is 6.30. The number of imidazole rings is 1. The summed E-state index contributed by atoms with van der Waals surface area (Å²) in [7, 11) is 0. The van der Waals surface area contributed by atoms with Gasteiger partial charge in [-0.2, -0.15) is 0 Å². The van der Waals surface area contributed by atoms with Gasteiger partial charge in [-0.3, -0.25) is 0 Å². The molecule has 2 aromatic rings. The van der Waals surface area contributed by atoms with Gasteiger partial charge in [0.2, 0.25) is 0 Å². The highest BCUT2D eigenvalue weighted by Crippen LogP contribution is 2.23. The lowest BCUT2D eigenvalue weighted by atomic mass is 10.0. The Balaban J connectivity index is 2.23. The van der Waals surface area contributed by atoms with E-state index in [2.05, 4.69) is 28.7 Å². The van der Waals surface area contributed by atoms with Crippen LogP contribution >= 0.6 is 11.6 Å². The van der Waals surface area contributed by atoms with Gasteiger partial charge in [-0.1, -0.05) is 24.6 Å².